The van der Waals surface area contributed by atoms with Crippen LogP contribution in [-0.2, 0) is 23.7 Å². The predicted molar refractivity (Wildman–Crippen MR) is 100 cm³/mol. The van der Waals surface area contributed by atoms with Crippen LogP contribution in [-0.4, -0.2) is 20.5 Å². The van der Waals surface area contributed by atoms with E-state index in [0.29, 0.717) is 6.07 Å². The SMILES string of the molecule is O=C(C=Cc1ccc(Cl)c(C(F)(F)F)c1)NCc1nnc2c(Cl)cc(C(F)(F)F)cn12. The van der Waals surface area contributed by atoms with Crippen LogP contribution in [0.15, 0.2) is 36.5 Å². The zero-order valence-corrected chi connectivity index (χ0v) is 16.5. The van der Waals surface area contributed by atoms with Gasteiger partial charge in [0.15, 0.2) is 11.5 Å². The normalized spacial score (nSPS) is 12.6. The monoisotopic (exact) mass is 482 g/mol. The summed E-state index contributed by atoms with van der Waals surface area (Å²) in [6.45, 7) is -0.309. The molecule has 0 fully saturated rings. The molecule has 13 heteroatoms. The lowest BCUT2D eigenvalue weighted by Gasteiger charge is -2.09. The second kappa shape index (κ2) is 8.39. The third kappa shape index (κ3) is 5.28. The Morgan fingerprint density at radius 3 is 2.39 bits per heavy atom. The first-order chi connectivity index (χ1) is 14.4. The van der Waals surface area contributed by atoms with Crippen LogP contribution in [0, 0.1) is 0 Å². The number of amides is 1. The van der Waals surface area contributed by atoms with E-state index in [9.17, 15) is 31.1 Å². The Balaban J connectivity index is 1.74. The average molecular weight is 483 g/mol. The summed E-state index contributed by atoms with van der Waals surface area (Å²) in [5.74, 6) is -0.756. The molecule has 0 spiro atoms. The molecule has 0 aliphatic heterocycles. The van der Waals surface area contributed by atoms with Gasteiger partial charge in [-0.3, -0.25) is 9.20 Å². The summed E-state index contributed by atoms with van der Waals surface area (Å²) in [5.41, 5.74) is -2.04. The van der Waals surface area contributed by atoms with Crippen LogP contribution >= 0.6 is 23.2 Å². The van der Waals surface area contributed by atoms with Gasteiger partial charge < -0.3 is 5.32 Å². The van der Waals surface area contributed by atoms with E-state index in [2.05, 4.69) is 15.5 Å². The minimum Gasteiger partial charge on any atom is -0.345 e. The Morgan fingerprint density at radius 1 is 1.03 bits per heavy atom. The predicted octanol–water partition coefficient (Wildman–Crippen LogP) is 5.40. The quantitative estimate of drug-likeness (QED) is 0.399. The van der Waals surface area contributed by atoms with Crippen LogP contribution < -0.4 is 5.32 Å². The van der Waals surface area contributed by atoms with Gasteiger partial charge in [-0.25, -0.2) is 0 Å². The molecule has 2 heterocycles. The minimum atomic E-state index is -4.66. The molecular weight excluding hydrogens is 473 g/mol. The summed E-state index contributed by atoms with van der Waals surface area (Å²) in [6, 6.07) is 3.82. The highest BCUT2D eigenvalue weighted by Gasteiger charge is 2.33. The zero-order valence-electron chi connectivity index (χ0n) is 15.0. The molecule has 1 N–H and O–H groups in total. The number of rotatable bonds is 4. The number of hydrogen-bond donors (Lipinski definition) is 1. The second-order valence-corrected chi connectivity index (χ2v) is 6.99. The molecule has 1 aromatic carbocycles. The number of fused-ring (bicyclic) bond motifs is 1. The molecule has 0 saturated heterocycles. The Labute approximate surface area is 180 Å². The molecule has 0 aliphatic rings. The fraction of sp³-hybridized carbons (Fsp3) is 0.167. The van der Waals surface area contributed by atoms with E-state index in [1.54, 1.807) is 0 Å². The van der Waals surface area contributed by atoms with E-state index in [0.717, 1.165) is 34.9 Å². The lowest BCUT2D eigenvalue weighted by Crippen LogP contribution is -2.22. The molecular formula is C18H10Cl2F6N4O. The number of alkyl halides is 6. The van der Waals surface area contributed by atoms with Crippen LogP contribution in [0.2, 0.25) is 10.0 Å². The molecule has 1 amide bonds. The van der Waals surface area contributed by atoms with Crippen LogP contribution in [0.3, 0.4) is 0 Å². The van der Waals surface area contributed by atoms with Gasteiger partial charge in [-0.05, 0) is 29.8 Å². The molecule has 0 radical (unpaired) electrons. The number of aromatic nitrogens is 3. The van der Waals surface area contributed by atoms with Gasteiger partial charge in [-0.1, -0.05) is 29.3 Å². The first-order valence-corrected chi connectivity index (χ1v) is 9.05. The number of halogens is 8. The Kier molecular flexibility index (Phi) is 6.19. The van der Waals surface area contributed by atoms with E-state index in [1.807, 2.05) is 0 Å². The molecule has 0 aliphatic carbocycles. The lowest BCUT2D eigenvalue weighted by atomic mass is 10.1. The van der Waals surface area contributed by atoms with Crippen molar-refractivity contribution in [3.63, 3.8) is 0 Å². The molecule has 3 aromatic rings. The molecule has 0 unspecified atom stereocenters. The number of pyridine rings is 1. The first-order valence-electron chi connectivity index (χ1n) is 8.29. The van der Waals surface area contributed by atoms with Crippen molar-refractivity contribution in [1.29, 1.82) is 0 Å². The van der Waals surface area contributed by atoms with Crippen molar-refractivity contribution in [1.82, 2.24) is 19.9 Å². The number of carbonyl (C=O) groups is 1. The van der Waals surface area contributed by atoms with Gasteiger partial charge in [-0.2, -0.15) is 26.3 Å². The van der Waals surface area contributed by atoms with E-state index in [4.69, 9.17) is 23.2 Å². The molecule has 5 nitrogen and oxygen atoms in total. The molecule has 0 bridgehead atoms. The fourth-order valence-corrected chi connectivity index (χ4v) is 3.01. The zero-order chi connectivity index (χ0) is 23.0. The summed E-state index contributed by atoms with van der Waals surface area (Å²) >= 11 is 11.3. The van der Waals surface area contributed by atoms with Crippen molar-refractivity contribution in [2.24, 2.45) is 0 Å². The van der Waals surface area contributed by atoms with Crippen LogP contribution in [0.1, 0.15) is 22.5 Å². The van der Waals surface area contributed by atoms with Gasteiger partial charge >= 0.3 is 12.4 Å². The Hall–Kier alpha value is -2.79. The summed E-state index contributed by atoms with van der Waals surface area (Å²) in [5, 5.41) is 8.98. The maximum absolute atomic E-state index is 13.0. The van der Waals surface area contributed by atoms with Crippen molar-refractivity contribution in [3.8, 4) is 0 Å². The average Bonchev–Trinajstić information content (AvgIpc) is 3.07. The summed E-state index contributed by atoms with van der Waals surface area (Å²) in [4.78, 5) is 12.0. The van der Waals surface area contributed by atoms with Gasteiger partial charge in [-0.15, -0.1) is 10.2 Å². The van der Waals surface area contributed by atoms with E-state index in [1.165, 1.54) is 6.07 Å². The number of benzene rings is 1. The van der Waals surface area contributed by atoms with Gasteiger partial charge in [0.25, 0.3) is 0 Å². The minimum absolute atomic E-state index is 0.0319. The van der Waals surface area contributed by atoms with E-state index < -0.39 is 34.4 Å². The Bertz CT molecular complexity index is 1170. The molecule has 2 aromatic heterocycles. The van der Waals surface area contributed by atoms with Gasteiger partial charge in [0.1, 0.15) is 0 Å². The third-order valence-corrected chi connectivity index (χ3v) is 4.61. The maximum Gasteiger partial charge on any atom is 0.417 e. The highest BCUT2D eigenvalue weighted by Crippen LogP contribution is 2.35. The number of hydrogen-bond acceptors (Lipinski definition) is 3. The highest BCUT2D eigenvalue weighted by atomic mass is 35.5. The van der Waals surface area contributed by atoms with Crippen molar-refractivity contribution in [2.45, 2.75) is 18.9 Å². The molecule has 0 saturated carbocycles. The van der Waals surface area contributed by atoms with Gasteiger partial charge in [0.05, 0.1) is 27.7 Å². The molecule has 3 rings (SSSR count). The number of nitrogens with one attached hydrogen (secondary N) is 1. The van der Waals surface area contributed by atoms with Crippen molar-refractivity contribution < 1.29 is 31.1 Å². The Morgan fingerprint density at radius 2 is 1.74 bits per heavy atom. The van der Waals surface area contributed by atoms with Crippen molar-refractivity contribution in [2.75, 3.05) is 0 Å². The smallest absolute Gasteiger partial charge is 0.345 e. The summed E-state index contributed by atoms with van der Waals surface area (Å²) in [6.07, 6.45) is -6.49. The summed E-state index contributed by atoms with van der Waals surface area (Å²) in [7, 11) is 0. The van der Waals surface area contributed by atoms with E-state index >= 15 is 0 Å². The standard InChI is InChI=1S/C18H10Cl2F6N4O/c19-12-3-1-9(5-11(12)18(24,25)26)2-4-15(31)27-7-14-28-29-16-13(20)6-10(8-30(14)16)17(21,22)23/h1-6,8H,7H2,(H,27,31). The van der Waals surface area contributed by atoms with Crippen LogP contribution in [0.4, 0.5) is 26.3 Å². The van der Waals surface area contributed by atoms with Gasteiger partial charge in [0.2, 0.25) is 5.91 Å². The number of nitrogens with zero attached hydrogens (tertiary/aromatic N) is 3. The topological polar surface area (TPSA) is 59.3 Å². The number of carbonyl (C=O) groups excluding carboxylic acids is 1. The molecule has 0 atom stereocenters. The van der Waals surface area contributed by atoms with Crippen molar-refractivity contribution in [3.05, 3.63) is 69.1 Å². The largest absolute Gasteiger partial charge is 0.417 e. The third-order valence-electron chi connectivity index (χ3n) is 4.00. The maximum atomic E-state index is 13.0. The first kappa shape index (κ1) is 22.9. The summed E-state index contributed by atoms with van der Waals surface area (Å²) < 4.78 is 78.5. The highest BCUT2D eigenvalue weighted by molar-refractivity contribution is 6.33. The van der Waals surface area contributed by atoms with Crippen LogP contribution in [0.5, 0.6) is 0 Å². The fourth-order valence-electron chi connectivity index (χ4n) is 2.54. The molecule has 31 heavy (non-hydrogen) atoms. The van der Waals surface area contributed by atoms with Crippen molar-refractivity contribution >= 4 is 40.8 Å². The second-order valence-electron chi connectivity index (χ2n) is 6.17. The lowest BCUT2D eigenvalue weighted by molar-refractivity contribution is -0.138. The molecule has 164 valence electrons. The van der Waals surface area contributed by atoms with E-state index in [-0.39, 0.29) is 28.6 Å². The van der Waals surface area contributed by atoms with Crippen LogP contribution in [0.25, 0.3) is 11.7 Å². The van der Waals surface area contributed by atoms with Gasteiger partial charge in [0, 0.05) is 12.3 Å².